The standard InChI is InChI=1S/C10H14N2/c1-7-3-4-8(2)12-9(7)10(11)5-6-10/h3-4H,5-6,11H2,1-2H3. The topological polar surface area (TPSA) is 38.9 Å². The second kappa shape index (κ2) is 2.30. The maximum absolute atomic E-state index is 6.08. The predicted octanol–water partition coefficient (Wildman–Crippen LogP) is 1.65. The van der Waals surface area contributed by atoms with Gasteiger partial charge in [0, 0.05) is 5.69 Å². The van der Waals surface area contributed by atoms with Crippen molar-refractivity contribution in [1.29, 1.82) is 0 Å². The van der Waals surface area contributed by atoms with Gasteiger partial charge in [0.25, 0.3) is 0 Å². The highest BCUT2D eigenvalue weighted by atomic mass is 14.9. The first kappa shape index (κ1) is 7.74. The lowest BCUT2D eigenvalue weighted by molar-refractivity contribution is 0.696. The van der Waals surface area contributed by atoms with Crippen LogP contribution in [-0.2, 0) is 5.54 Å². The molecule has 1 heterocycles. The van der Waals surface area contributed by atoms with Gasteiger partial charge in [0.2, 0.25) is 0 Å². The third kappa shape index (κ3) is 1.12. The normalized spacial score (nSPS) is 19.2. The van der Waals surface area contributed by atoms with Crippen LogP contribution in [0.1, 0.15) is 29.8 Å². The van der Waals surface area contributed by atoms with E-state index in [0.717, 1.165) is 24.2 Å². The fourth-order valence-corrected chi connectivity index (χ4v) is 1.50. The molecule has 0 spiro atoms. The van der Waals surface area contributed by atoms with E-state index >= 15 is 0 Å². The van der Waals surface area contributed by atoms with E-state index in [1.807, 2.05) is 13.0 Å². The van der Waals surface area contributed by atoms with Crippen molar-refractivity contribution in [1.82, 2.24) is 4.98 Å². The molecule has 0 aliphatic heterocycles. The van der Waals surface area contributed by atoms with Crippen LogP contribution in [0.15, 0.2) is 12.1 Å². The summed E-state index contributed by atoms with van der Waals surface area (Å²) in [6.07, 6.45) is 2.18. The fraction of sp³-hybridized carbons (Fsp3) is 0.500. The Labute approximate surface area is 72.8 Å². The van der Waals surface area contributed by atoms with Crippen LogP contribution < -0.4 is 5.73 Å². The van der Waals surface area contributed by atoms with Crippen molar-refractivity contribution in [2.24, 2.45) is 5.73 Å². The second-order valence-electron chi connectivity index (χ2n) is 3.77. The smallest absolute Gasteiger partial charge is 0.0634 e. The lowest BCUT2D eigenvalue weighted by atomic mass is 10.1. The van der Waals surface area contributed by atoms with Crippen molar-refractivity contribution >= 4 is 0 Å². The SMILES string of the molecule is Cc1ccc(C)c(C2(N)CC2)n1. The van der Waals surface area contributed by atoms with Crippen LogP contribution in [0.3, 0.4) is 0 Å². The zero-order valence-electron chi connectivity index (χ0n) is 7.59. The zero-order valence-corrected chi connectivity index (χ0v) is 7.59. The van der Waals surface area contributed by atoms with Gasteiger partial charge >= 0.3 is 0 Å². The number of aromatic nitrogens is 1. The van der Waals surface area contributed by atoms with Crippen molar-refractivity contribution in [2.45, 2.75) is 32.2 Å². The fourth-order valence-electron chi connectivity index (χ4n) is 1.50. The Morgan fingerprint density at radius 3 is 2.58 bits per heavy atom. The molecule has 0 bridgehead atoms. The van der Waals surface area contributed by atoms with Gasteiger partial charge in [0.1, 0.15) is 0 Å². The molecule has 0 radical (unpaired) electrons. The van der Waals surface area contributed by atoms with Crippen LogP contribution >= 0.6 is 0 Å². The van der Waals surface area contributed by atoms with E-state index in [2.05, 4.69) is 18.0 Å². The monoisotopic (exact) mass is 162 g/mol. The largest absolute Gasteiger partial charge is 0.320 e. The van der Waals surface area contributed by atoms with Crippen LogP contribution in [-0.4, -0.2) is 4.98 Å². The molecule has 2 heteroatoms. The first-order valence-electron chi connectivity index (χ1n) is 4.35. The molecule has 64 valence electrons. The number of hydrogen-bond acceptors (Lipinski definition) is 2. The molecule has 1 fully saturated rings. The Hall–Kier alpha value is -0.890. The summed E-state index contributed by atoms with van der Waals surface area (Å²) in [5.74, 6) is 0. The minimum absolute atomic E-state index is 0.0872. The van der Waals surface area contributed by atoms with Crippen molar-refractivity contribution in [3.63, 3.8) is 0 Å². The summed E-state index contributed by atoms with van der Waals surface area (Å²) in [5.41, 5.74) is 9.37. The summed E-state index contributed by atoms with van der Waals surface area (Å²) < 4.78 is 0. The molecule has 1 aromatic rings. The zero-order chi connectivity index (χ0) is 8.77. The Bertz CT molecular complexity index is 314. The van der Waals surface area contributed by atoms with Crippen molar-refractivity contribution in [2.75, 3.05) is 0 Å². The Morgan fingerprint density at radius 1 is 1.33 bits per heavy atom. The van der Waals surface area contributed by atoms with E-state index in [1.54, 1.807) is 0 Å². The molecular formula is C10H14N2. The molecule has 2 rings (SSSR count). The van der Waals surface area contributed by atoms with Crippen LogP contribution in [0.4, 0.5) is 0 Å². The van der Waals surface area contributed by atoms with E-state index < -0.39 is 0 Å². The number of nitrogens with zero attached hydrogens (tertiary/aromatic N) is 1. The summed E-state index contributed by atoms with van der Waals surface area (Å²) in [4.78, 5) is 4.48. The van der Waals surface area contributed by atoms with Gasteiger partial charge in [-0.1, -0.05) is 6.07 Å². The summed E-state index contributed by atoms with van der Waals surface area (Å²) in [6.45, 7) is 4.09. The minimum atomic E-state index is -0.0872. The van der Waals surface area contributed by atoms with Crippen molar-refractivity contribution in [3.05, 3.63) is 29.1 Å². The highest BCUT2D eigenvalue weighted by Gasteiger charge is 2.42. The molecule has 12 heavy (non-hydrogen) atoms. The Morgan fingerprint density at radius 2 is 2.00 bits per heavy atom. The molecule has 0 amide bonds. The van der Waals surface area contributed by atoms with Crippen LogP contribution in [0, 0.1) is 13.8 Å². The van der Waals surface area contributed by atoms with E-state index in [1.165, 1.54) is 5.56 Å². The van der Waals surface area contributed by atoms with Gasteiger partial charge < -0.3 is 5.73 Å². The van der Waals surface area contributed by atoms with Gasteiger partial charge in [-0.25, -0.2) is 0 Å². The maximum Gasteiger partial charge on any atom is 0.0634 e. The van der Waals surface area contributed by atoms with Crippen LogP contribution in [0.5, 0.6) is 0 Å². The average Bonchev–Trinajstić information content (AvgIpc) is 2.75. The summed E-state index contributed by atoms with van der Waals surface area (Å²) in [5, 5.41) is 0. The second-order valence-corrected chi connectivity index (χ2v) is 3.77. The molecule has 0 atom stereocenters. The molecule has 0 unspecified atom stereocenters. The third-order valence-corrected chi connectivity index (χ3v) is 2.50. The highest BCUT2D eigenvalue weighted by Crippen LogP contribution is 2.42. The number of pyridine rings is 1. The van der Waals surface area contributed by atoms with E-state index in [4.69, 9.17) is 5.73 Å². The Balaban J connectivity index is 2.48. The van der Waals surface area contributed by atoms with Crippen LogP contribution in [0.2, 0.25) is 0 Å². The summed E-state index contributed by atoms with van der Waals surface area (Å²) >= 11 is 0. The molecular weight excluding hydrogens is 148 g/mol. The molecule has 1 aliphatic rings. The van der Waals surface area contributed by atoms with E-state index in [-0.39, 0.29) is 5.54 Å². The first-order valence-corrected chi connectivity index (χ1v) is 4.35. The lowest BCUT2D eigenvalue weighted by Crippen LogP contribution is -2.22. The molecule has 2 N–H and O–H groups in total. The van der Waals surface area contributed by atoms with Gasteiger partial charge in [0.15, 0.2) is 0 Å². The molecule has 0 aromatic carbocycles. The molecule has 0 saturated heterocycles. The van der Waals surface area contributed by atoms with E-state index in [9.17, 15) is 0 Å². The third-order valence-electron chi connectivity index (χ3n) is 2.50. The number of hydrogen-bond donors (Lipinski definition) is 1. The first-order chi connectivity index (χ1) is 5.62. The number of aryl methyl sites for hydroxylation is 2. The van der Waals surface area contributed by atoms with E-state index in [0.29, 0.717) is 0 Å². The van der Waals surface area contributed by atoms with Gasteiger partial charge in [-0.05, 0) is 38.3 Å². The van der Waals surface area contributed by atoms with Gasteiger partial charge in [0.05, 0.1) is 11.2 Å². The van der Waals surface area contributed by atoms with Crippen LogP contribution in [0.25, 0.3) is 0 Å². The average molecular weight is 162 g/mol. The Kier molecular flexibility index (Phi) is 1.48. The minimum Gasteiger partial charge on any atom is -0.320 e. The lowest BCUT2D eigenvalue weighted by Gasteiger charge is -2.11. The molecule has 1 aliphatic carbocycles. The van der Waals surface area contributed by atoms with Gasteiger partial charge in [-0.3, -0.25) is 4.98 Å². The maximum atomic E-state index is 6.08. The quantitative estimate of drug-likeness (QED) is 0.682. The highest BCUT2D eigenvalue weighted by molar-refractivity contribution is 5.31. The summed E-state index contributed by atoms with van der Waals surface area (Å²) in [7, 11) is 0. The van der Waals surface area contributed by atoms with Crippen molar-refractivity contribution < 1.29 is 0 Å². The van der Waals surface area contributed by atoms with Gasteiger partial charge in [-0.2, -0.15) is 0 Å². The molecule has 1 aromatic heterocycles. The van der Waals surface area contributed by atoms with Gasteiger partial charge in [-0.15, -0.1) is 0 Å². The summed E-state index contributed by atoms with van der Waals surface area (Å²) in [6, 6.07) is 4.13. The van der Waals surface area contributed by atoms with Crippen molar-refractivity contribution in [3.8, 4) is 0 Å². The number of rotatable bonds is 1. The molecule has 1 saturated carbocycles. The number of nitrogens with two attached hydrogens (primary N) is 1. The predicted molar refractivity (Wildman–Crippen MR) is 48.8 cm³/mol. The molecule has 2 nitrogen and oxygen atoms in total.